The first-order valence-electron chi connectivity index (χ1n) is 6.18. The molecule has 0 atom stereocenters. The quantitative estimate of drug-likeness (QED) is 0.797. The minimum Gasteiger partial charge on any atom is -0.330 e. The predicted molar refractivity (Wildman–Crippen MR) is 70.8 cm³/mol. The van der Waals surface area contributed by atoms with Crippen molar-refractivity contribution in [1.82, 2.24) is 15.3 Å². The third kappa shape index (κ3) is 2.72. The number of amides is 2. The number of halogens is 1. The number of urea groups is 1. The lowest BCUT2D eigenvalue weighted by Crippen LogP contribution is -2.29. The normalized spacial score (nSPS) is 19.3. The molecular weight excluding hydrogens is 252 g/mol. The molecule has 6 heteroatoms. The highest BCUT2D eigenvalue weighted by Crippen LogP contribution is 2.40. The van der Waals surface area contributed by atoms with E-state index in [0.717, 1.165) is 12.8 Å². The van der Waals surface area contributed by atoms with E-state index < -0.39 is 0 Å². The Balaban J connectivity index is 0.000000367. The van der Waals surface area contributed by atoms with Crippen LogP contribution in [-0.2, 0) is 0 Å². The van der Waals surface area contributed by atoms with Crippen LogP contribution in [0.15, 0.2) is 12.3 Å². The lowest BCUT2D eigenvalue weighted by molar-refractivity contribution is 0.250. The smallest absolute Gasteiger partial charge is 0.323 e. The molecule has 3 rings (SSSR count). The van der Waals surface area contributed by atoms with Gasteiger partial charge < -0.3 is 5.32 Å². The van der Waals surface area contributed by atoms with E-state index in [2.05, 4.69) is 29.1 Å². The molecule has 2 fully saturated rings. The van der Waals surface area contributed by atoms with Crippen LogP contribution in [0.4, 0.5) is 10.6 Å². The van der Waals surface area contributed by atoms with Crippen molar-refractivity contribution in [2.45, 2.75) is 38.6 Å². The van der Waals surface area contributed by atoms with Gasteiger partial charge in [-0.15, -0.1) is 0 Å². The van der Waals surface area contributed by atoms with Crippen LogP contribution < -0.4 is 10.2 Å². The van der Waals surface area contributed by atoms with Gasteiger partial charge in [0.2, 0.25) is 5.28 Å². The summed E-state index contributed by atoms with van der Waals surface area (Å²) in [7, 11) is 0. The zero-order chi connectivity index (χ0) is 13.2. The standard InChI is InChI=1S/C9H9ClN4O.C3H8/c10-7-11-4-1-6(12-7)14-5-9(2-3-9)13-8(14)15;1-3-2/h1,4H,2-3,5H2,(H,13,15);3H2,1-2H3. The van der Waals surface area contributed by atoms with Crippen molar-refractivity contribution in [2.75, 3.05) is 11.4 Å². The molecule has 0 radical (unpaired) electrons. The summed E-state index contributed by atoms with van der Waals surface area (Å²) >= 11 is 5.68. The van der Waals surface area contributed by atoms with Crippen LogP contribution in [0.1, 0.15) is 33.1 Å². The molecule has 2 aliphatic rings. The summed E-state index contributed by atoms with van der Waals surface area (Å²) in [6, 6.07) is 1.59. The number of hydrogen-bond donors (Lipinski definition) is 1. The number of anilines is 1. The fourth-order valence-corrected chi connectivity index (χ4v) is 1.95. The van der Waals surface area contributed by atoms with Crippen molar-refractivity contribution in [1.29, 1.82) is 0 Å². The molecule has 1 saturated carbocycles. The zero-order valence-corrected chi connectivity index (χ0v) is 11.4. The average Bonchev–Trinajstić information content (AvgIpc) is 2.97. The molecule has 1 aromatic rings. The Morgan fingerprint density at radius 3 is 2.67 bits per heavy atom. The lowest BCUT2D eigenvalue weighted by Gasteiger charge is -2.12. The molecule has 1 aliphatic carbocycles. The van der Waals surface area contributed by atoms with Gasteiger partial charge in [0.15, 0.2) is 0 Å². The molecule has 2 heterocycles. The summed E-state index contributed by atoms with van der Waals surface area (Å²) in [5.74, 6) is 0.566. The molecule has 1 saturated heterocycles. The minimum absolute atomic E-state index is 0.00844. The highest BCUT2D eigenvalue weighted by Gasteiger charge is 2.52. The molecule has 98 valence electrons. The van der Waals surface area contributed by atoms with Gasteiger partial charge in [-0.2, -0.15) is 0 Å². The van der Waals surface area contributed by atoms with E-state index in [4.69, 9.17) is 11.6 Å². The Morgan fingerprint density at radius 2 is 2.17 bits per heavy atom. The SMILES string of the molecule is CCC.O=C1NC2(CC2)CN1c1ccnc(Cl)n1. The fourth-order valence-electron chi connectivity index (χ4n) is 1.80. The van der Waals surface area contributed by atoms with Gasteiger partial charge in [-0.05, 0) is 30.5 Å². The van der Waals surface area contributed by atoms with Gasteiger partial charge in [-0.25, -0.2) is 14.8 Å². The monoisotopic (exact) mass is 268 g/mol. The second kappa shape index (κ2) is 5.10. The summed E-state index contributed by atoms with van der Waals surface area (Å²) in [4.78, 5) is 21.1. The molecule has 0 bridgehead atoms. The average molecular weight is 269 g/mol. The first-order valence-corrected chi connectivity index (χ1v) is 6.56. The minimum atomic E-state index is -0.0951. The number of carbonyl (C=O) groups excluding carboxylic acids is 1. The van der Waals surface area contributed by atoms with E-state index in [1.807, 2.05) is 0 Å². The van der Waals surface area contributed by atoms with Gasteiger partial charge in [-0.1, -0.05) is 20.3 Å². The van der Waals surface area contributed by atoms with Crippen LogP contribution in [0.3, 0.4) is 0 Å². The van der Waals surface area contributed by atoms with Crippen LogP contribution in [0.25, 0.3) is 0 Å². The number of nitrogens with one attached hydrogen (secondary N) is 1. The van der Waals surface area contributed by atoms with E-state index in [9.17, 15) is 4.79 Å². The summed E-state index contributed by atoms with van der Waals surface area (Å²) in [6.07, 6.45) is 4.90. The number of aromatic nitrogens is 2. The van der Waals surface area contributed by atoms with Crippen molar-refractivity contribution < 1.29 is 4.79 Å². The topological polar surface area (TPSA) is 58.1 Å². The molecule has 5 nitrogen and oxygen atoms in total. The molecular formula is C12H17ClN4O. The lowest BCUT2D eigenvalue weighted by atomic mass is 10.3. The van der Waals surface area contributed by atoms with Crippen molar-refractivity contribution >= 4 is 23.4 Å². The van der Waals surface area contributed by atoms with Crippen molar-refractivity contribution in [3.05, 3.63) is 17.5 Å². The van der Waals surface area contributed by atoms with E-state index in [1.54, 1.807) is 17.2 Å². The highest BCUT2D eigenvalue weighted by atomic mass is 35.5. The van der Waals surface area contributed by atoms with Gasteiger partial charge >= 0.3 is 6.03 Å². The molecule has 1 N–H and O–H groups in total. The summed E-state index contributed by atoms with van der Waals surface area (Å²) < 4.78 is 0. The molecule has 1 aliphatic heterocycles. The first-order chi connectivity index (χ1) is 8.60. The summed E-state index contributed by atoms with van der Waals surface area (Å²) in [5.41, 5.74) is 0.00844. The molecule has 2 amide bonds. The third-order valence-electron chi connectivity index (χ3n) is 2.82. The van der Waals surface area contributed by atoms with Crippen LogP contribution >= 0.6 is 11.6 Å². The molecule has 18 heavy (non-hydrogen) atoms. The Labute approximate surface area is 112 Å². The van der Waals surface area contributed by atoms with Gasteiger partial charge in [0.05, 0.1) is 12.1 Å². The zero-order valence-electron chi connectivity index (χ0n) is 10.6. The molecule has 1 spiro atoms. The molecule has 1 aromatic heterocycles. The van der Waals surface area contributed by atoms with Crippen molar-refractivity contribution in [3.63, 3.8) is 0 Å². The van der Waals surface area contributed by atoms with E-state index in [1.165, 1.54) is 6.42 Å². The molecule has 0 unspecified atom stereocenters. The summed E-state index contributed by atoms with van der Waals surface area (Å²) in [6.45, 7) is 4.93. The van der Waals surface area contributed by atoms with Gasteiger partial charge in [0.1, 0.15) is 5.82 Å². The number of carbonyl (C=O) groups is 1. The Morgan fingerprint density at radius 1 is 1.50 bits per heavy atom. The Hall–Kier alpha value is -1.36. The Kier molecular flexibility index (Phi) is 3.71. The number of nitrogens with zero attached hydrogens (tertiary/aromatic N) is 3. The summed E-state index contributed by atoms with van der Waals surface area (Å²) in [5, 5.41) is 3.12. The second-order valence-corrected chi connectivity index (χ2v) is 5.03. The van der Waals surface area contributed by atoms with Crippen LogP contribution in [0.2, 0.25) is 5.28 Å². The maximum absolute atomic E-state index is 11.7. The van der Waals surface area contributed by atoms with E-state index >= 15 is 0 Å². The largest absolute Gasteiger partial charge is 0.330 e. The van der Waals surface area contributed by atoms with Crippen LogP contribution in [-0.4, -0.2) is 28.1 Å². The maximum Gasteiger partial charge on any atom is 0.323 e. The highest BCUT2D eigenvalue weighted by molar-refractivity contribution is 6.28. The second-order valence-electron chi connectivity index (χ2n) is 4.69. The van der Waals surface area contributed by atoms with Crippen molar-refractivity contribution in [2.24, 2.45) is 0 Å². The number of rotatable bonds is 1. The third-order valence-corrected chi connectivity index (χ3v) is 3.00. The van der Waals surface area contributed by atoms with Gasteiger partial charge in [0.25, 0.3) is 0 Å². The van der Waals surface area contributed by atoms with Gasteiger partial charge in [0, 0.05) is 6.20 Å². The van der Waals surface area contributed by atoms with Gasteiger partial charge in [-0.3, -0.25) is 4.90 Å². The predicted octanol–water partition coefficient (Wildman–Crippen LogP) is 2.61. The van der Waals surface area contributed by atoms with Crippen LogP contribution in [0.5, 0.6) is 0 Å². The fraction of sp³-hybridized carbons (Fsp3) is 0.583. The van der Waals surface area contributed by atoms with Crippen LogP contribution in [0, 0.1) is 0 Å². The first kappa shape index (κ1) is 13.1. The van der Waals surface area contributed by atoms with Crippen molar-refractivity contribution in [3.8, 4) is 0 Å². The Bertz CT molecular complexity index is 447. The number of hydrogen-bond acceptors (Lipinski definition) is 3. The van der Waals surface area contributed by atoms with E-state index in [0.29, 0.717) is 12.4 Å². The van der Waals surface area contributed by atoms with E-state index in [-0.39, 0.29) is 16.9 Å². The maximum atomic E-state index is 11.7. The molecule has 0 aromatic carbocycles.